The molecule has 1 aromatic heterocycles. The van der Waals surface area contributed by atoms with E-state index in [1.807, 2.05) is 0 Å². The third kappa shape index (κ3) is 1.52. The zero-order valence-electron chi connectivity index (χ0n) is 7.22. The van der Waals surface area contributed by atoms with Crippen molar-refractivity contribution in [1.29, 1.82) is 0 Å². The zero-order chi connectivity index (χ0) is 10.3. The van der Waals surface area contributed by atoms with Crippen LogP contribution >= 0.6 is 15.9 Å². The fourth-order valence-corrected chi connectivity index (χ4v) is 1.59. The van der Waals surface area contributed by atoms with Crippen molar-refractivity contribution in [1.82, 2.24) is 5.16 Å². The summed E-state index contributed by atoms with van der Waals surface area (Å²) in [6, 6.07) is 4.88. The molecule has 1 heterocycles. The lowest BCUT2D eigenvalue weighted by molar-refractivity contribution is 0.0112. The van der Waals surface area contributed by atoms with Crippen LogP contribution in [0, 0.1) is 0 Å². The zero-order valence-corrected chi connectivity index (χ0v) is 8.81. The number of aromatic nitrogens is 1. The molecule has 0 amide bonds. The van der Waals surface area contributed by atoms with Gasteiger partial charge in [-0.15, -0.1) is 0 Å². The molecule has 0 fully saturated rings. The predicted octanol–water partition coefficient (Wildman–Crippen LogP) is 3.70. The van der Waals surface area contributed by atoms with Crippen LogP contribution in [0.3, 0.4) is 0 Å². The number of rotatable bonds is 1. The Balaban J connectivity index is 2.73. The van der Waals surface area contributed by atoms with Crippen LogP contribution in [0.1, 0.15) is 12.6 Å². The summed E-state index contributed by atoms with van der Waals surface area (Å²) >= 11 is 3.20. The Labute approximate surface area is 87.0 Å². The summed E-state index contributed by atoms with van der Waals surface area (Å²) in [5.74, 6) is -2.98. The highest BCUT2D eigenvalue weighted by Gasteiger charge is 2.31. The van der Waals surface area contributed by atoms with E-state index in [4.69, 9.17) is 4.52 Å². The van der Waals surface area contributed by atoms with E-state index in [0.717, 1.165) is 11.4 Å². The van der Waals surface area contributed by atoms with E-state index in [-0.39, 0.29) is 5.69 Å². The summed E-state index contributed by atoms with van der Waals surface area (Å²) in [4.78, 5) is 0. The Morgan fingerprint density at radius 1 is 1.43 bits per heavy atom. The highest BCUT2D eigenvalue weighted by Crippen LogP contribution is 2.33. The van der Waals surface area contributed by atoms with Crippen molar-refractivity contribution in [3.63, 3.8) is 0 Å². The molecule has 2 rings (SSSR count). The van der Waals surface area contributed by atoms with Crippen LogP contribution in [0.2, 0.25) is 0 Å². The Hall–Kier alpha value is -0.970. The molecule has 0 saturated carbocycles. The van der Waals surface area contributed by atoms with Crippen molar-refractivity contribution in [3.8, 4) is 0 Å². The van der Waals surface area contributed by atoms with E-state index in [1.54, 1.807) is 18.2 Å². The summed E-state index contributed by atoms with van der Waals surface area (Å²) in [7, 11) is 0. The number of fused-ring (bicyclic) bond motifs is 1. The van der Waals surface area contributed by atoms with Gasteiger partial charge in [0.1, 0.15) is 0 Å². The Morgan fingerprint density at radius 3 is 2.79 bits per heavy atom. The van der Waals surface area contributed by atoms with Gasteiger partial charge in [0.05, 0.1) is 5.39 Å². The molecule has 0 aliphatic heterocycles. The van der Waals surface area contributed by atoms with Gasteiger partial charge < -0.3 is 4.52 Å². The van der Waals surface area contributed by atoms with Gasteiger partial charge in [-0.05, 0) is 18.2 Å². The normalized spacial score (nSPS) is 12.3. The predicted molar refractivity (Wildman–Crippen MR) is 51.3 cm³/mol. The first kappa shape index (κ1) is 9.58. The van der Waals surface area contributed by atoms with Crippen LogP contribution in [0.4, 0.5) is 8.78 Å². The molecule has 5 heteroatoms. The van der Waals surface area contributed by atoms with Crippen LogP contribution in [0.15, 0.2) is 27.2 Å². The van der Waals surface area contributed by atoms with Gasteiger partial charge in [0, 0.05) is 11.4 Å². The average Bonchev–Trinajstić information content (AvgIpc) is 2.45. The van der Waals surface area contributed by atoms with Crippen molar-refractivity contribution >= 4 is 26.9 Å². The highest BCUT2D eigenvalue weighted by molar-refractivity contribution is 9.10. The molecule has 0 spiro atoms. The van der Waals surface area contributed by atoms with Crippen molar-refractivity contribution in [2.45, 2.75) is 12.8 Å². The van der Waals surface area contributed by atoms with Crippen LogP contribution in [0.25, 0.3) is 11.0 Å². The molecule has 2 nitrogen and oxygen atoms in total. The highest BCUT2D eigenvalue weighted by atomic mass is 79.9. The van der Waals surface area contributed by atoms with Gasteiger partial charge in [-0.2, -0.15) is 8.78 Å². The van der Waals surface area contributed by atoms with E-state index in [0.29, 0.717) is 11.0 Å². The van der Waals surface area contributed by atoms with E-state index in [2.05, 4.69) is 21.1 Å². The smallest absolute Gasteiger partial charge is 0.290 e. The maximum atomic E-state index is 13.0. The van der Waals surface area contributed by atoms with E-state index >= 15 is 0 Å². The van der Waals surface area contributed by atoms with Crippen LogP contribution in [-0.4, -0.2) is 5.16 Å². The fourth-order valence-electron chi connectivity index (χ4n) is 1.23. The minimum Gasteiger partial charge on any atom is -0.356 e. The maximum Gasteiger partial charge on any atom is 0.290 e. The first-order valence-electron chi connectivity index (χ1n) is 3.92. The van der Waals surface area contributed by atoms with Crippen molar-refractivity contribution in [2.24, 2.45) is 0 Å². The molecule has 1 aromatic carbocycles. The molecule has 74 valence electrons. The molecule has 2 aromatic rings. The molecule has 0 aliphatic carbocycles. The Kier molecular flexibility index (Phi) is 2.06. The number of alkyl halides is 2. The first-order chi connectivity index (χ1) is 6.48. The van der Waals surface area contributed by atoms with Gasteiger partial charge in [-0.1, -0.05) is 21.1 Å². The number of nitrogens with zero attached hydrogens (tertiary/aromatic N) is 1. The topological polar surface area (TPSA) is 26.0 Å². The van der Waals surface area contributed by atoms with E-state index in [1.165, 1.54) is 0 Å². The number of hydrogen-bond acceptors (Lipinski definition) is 2. The molecule has 14 heavy (non-hydrogen) atoms. The van der Waals surface area contributed by atoms with Gasteiger partial charge in [0.15, 0.2) is 11.3 Å². The quantitative estimate of drug-likeness (QED) is 0.783. The second-order valence-corrected chi connectivity index (χ2v) is 3.98. The molecule has 0 bridgehead atoms. The van der Waals surface area contributed by atoms with E-state index in [9.17, 15) is 8.78 Å². The standard InChI is InChI=1S/C9H6BrF2NO/c1-9(11,12)8-6-4-5(10)2-3-7(6)14-13-8/h2-4H,1H3. The first-order valence-corrected chi connectivity index (χ1v) is 4.71. The second kappa shape index (κ2) is 3.02. The number of benzene rings is 1. The molecule has 0 aliphatic rings. The summed E-state index contributed by atoms with van der Waals surface area (Å²) in [6.07, 6.45) is 0. The number of halogens is 3. The molecule has 0 unspecified atom stereocenters. The van der Waals surface area contributed by atoms with Crippen molar-refractivity contribution < 1.29 is 13.3 Å². The average molecular weight is 262 g/mol. The van der Waals surface area contributed by atoms with E-state index < -0.39 is 5.92 Å². The largest absolute Gasteiger partial charge is 0.356 e. The van der Waals surface area contributed by atoms with Gasteiger partial charge >= 0.3 is 0 Å². The van der Waals surface area contributed by atoms with Gasteiger partial charge in [-0.3, -0.25) is 0 Å². The molecular formula is C9H6BrF2NO. The Bertz CT molecular complexity index is 475. The fraction of sp³-hybridized carbons (Fsp3) is 0.222. The summed E-state index contributed by atoms with van der Waals surface area (Å²) in [6.45, 7) is 0.797. The molecular weight excluding hydrogens is 256 g/mol. The van der Waals surface area contributed by atoms with Crippen LogP contribution < -0.4 is 0 Å². The minimum atomic E-state index is -2.98. The second-order valence-electron chi connectivity index (χ2n) is 3.06. The van der Waals surface area contributed by atoms with Crippen LogP contribution in [0.5, 0.6) is 0 Å². The van der Waals surface area contributed by atoms with Gasteiger partial charge in [-0.25, -0.2) is 0 Å². The third-order valence-electron chi connectivity index (χ3n) is 1.85. The summed E-state index contributed by atoms with van der Waals surface area (Å²) in [5, 5.41) is 3.70. The van der Waals surface area contributed by atoms with Crippen molar-refractivity contribution in [3.05, 3.63) is 28.4 Å². The third-order valence-corrected chi connectivity index (χ3v) is 2.34. The lowest BCUT2D eigenvalue weighted by Crippen LogP contribution is -2.07. The number of hydrogen-bond donors (Lipinski definition) is 0. The molecule has 0 atom stereocenters. The summed E-state index contributed by atoms with van der Waals surface area (Å²) < 4.78 is 31.5. The lowest BCUT2D eigenvalue weighted by atomic mass is 10.1. The summed E-state index contributed by atoms with van der Waals surface area (Å²) in [5.41, 5.74) is 0.0403. The SMILES string of the molecule is CC(F)(F)c1noc2ccc(Br)cc12. The van der Waals surface area contributed by atoms with Crippen LogP contribution in [-0.2, 0) is 5.92 Å². The van der Waals surface area contributed by atoms with Crippen molar-refractivity contribution in [2.75, 3.05) is 0 Å². The molecule has 0 N–H and O–H groups in total. The monoisotopic (exact) mass is 261 g/mol. The molecule has 0 saturated heterocycles. The minimum absolute atomic E-state index is 0.325. The van der Waals surface area contributed by atoms with Gasteiger partial charge in [0.25, 0.3) is 5.92 Å². The maximum absolute atomic E-state index is 13.0. The Morgan fingerprint density at radius 2 is 2.14 bits per heavy atom. The molecule has 0 radical (unpaired) electrons. The lowest BCUT2D eigenvalue weighted by Gasteiger charge is -2.04. The van der Waals surface area contributed by atoms with Gasteiger partial charge in [0.2, 0.25) is 0 Å².